The predicted molar refractivity (Wildman–Crippen MR) is 138 cm³/mol. The Morgan fingerprint density at radius 2 is 1.52 bits per heavy atom. The SMILES string of the molecule is CC.COc1cc(CN2CCN(c3ccc(O)cc3)CC2)ccc1OSc1ccc(C)cc1. The molecule has 1 N–H and O–H groups in total. The average molecular weight is 467 g/mol. The third-order valence-electron chi connectivity index (χ3n) is 5.47. The fourth-order valence-corrected chi connectivity index (χ4v) is 4.22. The first-order valence-corrected chi connectivity index (χ1v) is 12.2. The zero-order valence-electron chi connectivity index (χ0n) is 20.0. The van der Waals surface area contributed by atoms with Crippen molar-refractivity contribution in [3.8, 4) is 17.2 Å². The van der Waals surface area contributed by atoms with Crippen molar-refractivity contribution >= 4 is 17.7 Å². The summed E-state index contributed by atoms with van der Waals surface area (Å²) >= 11 is 1.34. The zero-order valence-corrected chi connectivity index (χ0v) is 20.8. The van der Waals surface area contributed by atoms with Crippen molar-refractivity contribution in [2.24, 2.45) is 0 Å². The molecule has 1 aliphatic rings. The molecule has 5 nitrogen and oxygen atoms in total. The van der Waals surface area contributed by atoms with Gasteiger partial charge in [0, 0.05) is 43.3 Å². The van der Waals surface area contributed by atoms with Crippen LogP contribution in [-0.4, -0.2) is 43.3 Å². The second-order valence-electron chi connectivity index (χ2n) is 7.74. The van der Waals surface area contributed by atoms with E-state index in [9.17, 15) is 5.11 Å². The van der Waals surface area contributed by atoms with Gasteiger partial charge in [0.05, 0.1) is 19.2 Å². The maximum Gasteiger partial charge on any atom is 0.179 e. The monoisotopic (exact) mass is 466 g/mol. The van der Waals surface area contributed by atoms with Crippen molar-refractivity contribution in [1.82, 2.24) is 4.90 Å². The Morgan fingerprint density at radius 1 is 0.848 bits per heavy atom. The van der Waals surface area contributed by atoms with Crippen molar-refractivity contribution < 1.29 is 14.0 Å². The van der Waals surface area contributed by atoms with Gasteiger partial charge in [0.2, 0.25) is 0 Å². The summed E-state index contributed by atoms with van der Waals surface area (Å²) < 4.78 is 11.5. The molecule has 1 heterocycles. The number of phenolic OH excluding ortho intramolecular Hbond substituents is 1. The molecule has 0 atom stereocenters. The van der Waals surface area contributed by atoms with E-state index in [1.165, 1.54) is 23.2 Å². The van der Waals surface area contributed by atoms with Gasteiger partial charge in [-0.3, -0.25) is 4.90 Å². The summed E-state index contributed by atoms with van der Waals surface area (Å²) in [5.41, 5.74) is 3.60. The number of piperazine rings is 1. The van der Waals surface area contributed by atoms with Crippen LogP contribution in [0.25, 0.3) is 0 Å². The van der Waals surface area contributed by atoms with Crippen LogP contribution in [0.15, 0.2) is 71.6 Å². The maximum atomic E-state index is 9.48. The molecule has 1 fully saturated rings. The van der Waals surface area contributed by atoms with E-state index < -0.39 is 0 Å². The number of hydrogen-bond acceptors (Lipinski definition) is 6. The molecule has 0 aromatic heterocycles. The summed E-state index contributed by atoms with van der Waals surface area (Å²) in [5, 5.41) is 9.48. The molecule has 33 heavy (non-hydrogen) atoms. The van der Waals surface area contributed by atoms with Crippen molar-refractivity contribution in [1.29, 1.82) is 0 Å². The third-order valence-corrected chi connectivity index (χ3v) is 6.20. The van der Waals surface area contributed by atoms with Crippen LogP contribution in [0.1, 0.15) is 25.0 Å². The number of ether oxygens (including phenoxy) is 1. The highest BCUT2D eigenvalue weighted by atomic mass is 32.2. The molecule has 0 radical (unpaired) electrons. The van der Waals surface area contributed by atoms with Gasteiger partial charge in [-0.25, -0.2) is 0 Å². The number of rotatable bonds is 7. The molecule has 4 rings (SSSR count). The third kappa shape index (κ3) is 7.07. The summed E-state index contributed by atoms with van der Waals surface area (Å²) in [6, 6.07) is 21.9. The first-order chi connectivity index (χ1) is 16.1. The molecule has 3 aromatic rings. The van der Waals surface area contributed by atoms with Gasteiger partial charge in [0.1, 0.15) is 5.75 Å². The lowest BCUT2D eigenvalue weighted by molar-refractivity contribution is 0.249. The Labute approximate surface area is 202 Å². The quantitative estimate of drug-likeness (QED) is 0.422. The van der Waals surface area contributed by atoms with Crippen molar-refractivity contribution in [3.05, 3.63) is 77.9 Å². The highest BCUT2D eigenvalue weighted by Gasteiger charge is 2.18. The standard InChI is InChI=1S/C25H28N2O3S.C2H6/c1-19-3-10-23(11-4-19)31-30-24-12-5-20(17-25(24)29-2)18-26-13-15-27(16-14-26)21-6-8-22(28)9-7-21;1-2/h3-12,17,28H,13-16,18H2,1-2H3;1-2H3. The Kier molecular flexibility index (Phi) is 9.34. The van der Waals surface area contributed by atoms with Crippen LogP contribution in [0.4, 0.5) is 5.69 Å². The van der Waals surface area contributed by atoms with Gasteiger partial charge in [-0.1, -0.05) is 37.6 Å². The molecule has 0 bridgehead atoms. The van der Waals surface area contributed by atoms with Gasteiger partial charge in [0.25, 0.3) is 0 Å². The van der Waals surface area contributed by atoms with E-state index in [4.69, 9.17) is 8.92 Å². The molecule has 0 aliphatic carbocycles. The maximum absolute atomic E-state index is 9.48. The highest BCUT2D eigenvalue weighted by Crippen LogP contribution is 2.33. The smallest absolute Gasteiger partial charge is 0.179 e. The summed E-state index contributed by atoms with van der Waals surface area (Å²) in [6.07, 6.45) is 0. The van der Waals surface area contributed by atoms with Crippen molar-refractivity contribution in [2.45, 2.75) is 32.2 Å². The molecule has 0 saturated carbocycles. The molecule has 176 valence electrons. The minimum absolute atomic E-state index is 0.307. The largest absolute Gasteiger partial charge is 0.508 e. The number of anilines is 1. The van der Waals surface area contributed by atoms with Crippen LogP contribution in [0, 0.1) is 6.92 Å². The van der Waals surface area contributed by atoms with Gasteiger partial charge >= 0.3 is 0 Å². The minimum Gasteiger partial charge on any atom is -0.508 e. The highest BCUT2D eigenvalue weighted by molar-refractivity contribution is 7.95. The van der Waals surface area contributed by atoms with E-state index >= 15 is 0 Å². The molecule has 3 aromatic carbocycles. The number of aryl methyl sites for hydroxylation is 1. The minimum atomic E-state index is 0.307. The zero-order chi connectivity index (χ0) is 23.6. The van der Waals surface area contributed by atoms with E-state index in [1.54, 1.807) is 19.2 Å². The Morgan fingerprint density at radius 3 is 2.15 bits per heavy atom. The fourth-order valence-electron chi connectivity index (χ4n) is 3.65. The lowest BCUT2D eigenvalue weighted by Crippen LogP contribution is -2.45. The van der Waals surface area contributed by atoms with E-state index in [0.29, 0.717) is 5.75 Å². The van der Waals surface area contributed by atoms with Gasteiger partial charge in [0.15, 0.2) is 11.5 Å². The normalized spacial score (nSPS) is 13.8. The van der Waals surface area contributed by atoms with Crippen LogP contribution in [0.3, 0.4) is 0 Å². The van der Waals surface area contributed by atoms with Crippen LogP contribution in [0.2, 0.25) is 0 Å². The molecule has 1 saturated heterocycles. The number of hydrogen-bond donors (Lipinski definition) is 1. The summed E-state index contributed by atoms with van der Waals surface area (Å²) in [6.45, 7) is 10.9. The molecule has 1 aliphatic heterocycles. The second-order valence-corrected chi connectivity index (χ2v) is 8.55. The molecule has 6 heteroatoms. The van der Waals surface area contributed by atoms with E-state index in [1.807, 2.05) is 32.0 Å². The van der Waals surface area contributed by atoms with E-state index in [-0.39, 0.29) is 0 Å². The van der Waals surface area contributed by atoms with Crippen LogP contribution >= 0.6 is 12.0 Å². The lowest BCUT2D eigenvalue weighted by atomic mass is 10.1. The van der Waals surface area contributed by atoms with Gasteiger partial charge in [-0.15, -0.1) is 0 Å². The number of aromatic hydroxyl groups is 1. The Hall–Kier alpha value is -2.83. The topological polar surface area (TPSA) is 45.2 Å². The summed E-state index contributed by atoms with van der Waals surface area (Å²) in [5.74, 6) is 1.79. The first kappa shape index (κ1) is 24.8. The van der Waals surface area contributed by atoms with Crippen LogP contribution in [0.5, 0.6) is 17.2 Å². The van der Waals surface area contributed by atoms with Gasteiger partial charge < -0.3 is 18.9 Å². The van der Waals surface area contributed by atoms with Crippen molar-refractivity contribution in [3.63, 3.8) is 0 Å². The first-order valence-electron chi connectivity index (χ1n) is 11.4. The number of methoxy groups -OCH3 is 1. The van der Waals surface area contributed by atoms with E-state index in [2.05, 4.69) is 53.1 Å². The predicted octanol–water partition coefficient (Wildman–Crippen LogP) is 6.14. The summed E-state index contributed by atoms with van der Waals surface area (Å²) in [4.78, 5) is 5.87. The Bertz CT molecular complexity index is 985. The average Bonchev–Trinajstić information content (AvgIpc) is 2.86. The van der Waals surface area contributed by atoms with Crippen LogP contribution in [-0.2, 0) is 6.54 Å². The number of nitrogens with zero attached hydrogens (tertiary/aromatic N) is 2. The molecule has 0 unspecified atom stereocenters. The Balaban J connectivity index is 0.00000149. The van der Waals surface area contributed by atoms with Crippen LogP contribution < -0.4 is 13.8 Å². The van der Waals surface area contributed by atoms with Crippen molar-refractivity contribution in [2.75, 3.05) is 38.2 Å². The number of phenols is 1. The molecule has 0 spiro atoms. The van der Waals surface area contributed by atoms with Gasteiger partial charge in [-0.2, -0.15) is 0 Å². The molecule has 0 amide bonds. The fraction of sp³-hybridized carbons (Fsp3) is 0.333. The molecular weight excluding hydrogens is 432 g/mol. The van der Waals surface area contributed by atoms with E-state index in [0.717, 1.165) is 54.8 Å². The van der Waals surface area contributed by atoms with Gasteiger partial charge in [-0.05, 0) is 61.0 Å². The lowest BCUT2D eigenvalue weighted by Gasteiger charge is -2.36. The number of benzene rings is 3. The summed E-state index contributed by atoms with van der Waals surface area (Å²) in [7, 11) is 1.68. The second kappa shape index (κ2) is 12.4. The molecular formula is C27H34N2O3S.